The number of fused-ring (bicyclic) bond motifs is 1. The van der Waals surface area contributed by atoms with Gasteiger partial charge in [0.2, 0.25) is 0 Å². The summed E-state index contributed by atoms with van der Waals surface area (Å²) in [5.74, 6) is -0.238. The molecule has 0 atom stereocenters. The number of anilines is 1. The molecule has 0 aliphatic heterocycles. The summed E-state index contributed by atoms with van der Waals surface area (Å²) in [4.78, 5) is 4.29. The third-order valence-electron chi connectivity index (χ3n) is 3.04. The van der Waals surface area contributed by atoms with E-state index in [2.05, 4.69) is 4.98 Å². The van der Waals surface area contributed by atoms with Crippen LogP contribution in [-0.2, 0) is 6.54 Å². The zero-order valence-electron chi connectivity index (χ0n) is 10.1. The number of aromatic hydroxyl groups is 2. The molecule has 2 aromatic carbocycles. The Morgan fingerprint density at radius 2 is 1.89 bits per heavy atom. The van der Waals surface area contributed by atoms with Crippen molar-refractivity contribution in [3.63, 3.8) is 0 Å². The molecule has 5 heteroatoms. The molecule has 0 unspecified atom stereocenters. The lowest BCUT2D eigenvalue weighted by Gasteiger charge is -2.06. The van der Waals surface area contributed by atoms with Crippen LogP contribution in [0.5, 0.6) is 11.5 Å². The van der Waals surface area contributed by atoms with Crippen molar-refractivity contribution >= 4 is 16.7 Å². The highest BCUT2D eigenvalue weighted by Gasteiger charge is 2.05. The second-order valence-corrected chi connectivity index (χ2v) is 4.44. The van der Waals surface area contributed by atoms with E-state index in [0.717, 1.165) is 16.6 Å². The standard InChI is InChI=1S/C14H13N3O2/c15-10-2-3-12-11(6-10)16-8-17(12)7-9-1-4-13(18)14(19)5-9/h1-6,8,18-19H,7,15H2. The van der Waals surface area contributed by atoms with Crippen molar-refractivity contribution < 1.29 is 10.2 Å². The van der Waals surface area contributed by atoms with Crippen LogP contribution in [0.3, 0.4) is 0 Å². The molecule has 0 radical (unpaired) electrons. The minimum atomic E-state index is -0.119. The third-order valence-corrected chi connectivity index (χ3v) is 3.04. The van der Waals surface area contributed by atoms with Crippen molar-refractivity contribution in [1.82, 2.24) is 9.55 Å². The number of imidazole rings is 1. The highest BCUT2D eigenvalue weighted by molar-refractivity contribution is 5.79. The Bertz CT molecular complexity index is 750. The molecule has 19 heavy (non-hydrogen) atoms. The van der Waals surface area contributed by atoms with E-state index in [0.29, 0.717) is 12.2 Å². The molecule has 0 saturated carbocycles. The third kappa shape index (κ3) is 2.06. The van der Waals surface area contributed by atoms with Crippen molar-refractivity contribution in [3.8, 4) is 11.5 Å². The molecule has 4 N–H and O–H groups in total. The predicted octanol–water partition coefficient (Wildman–Crippen LogP) is 2.08. The van der Waals surface area contributed by atoms with Gasteiger partial charge in [0, 0.05) is 12.2 Å². The molecule has 0 aliphatic carbocycles. The van der Waals surface area contributed by atoms with E-state index in [9.17, 15) is 10.2 Å². The molecule has 0 saturated heterocycles. The van der Waals surface area contributed by atoms with Crippen LogP contribution in [0.2, 0.25) is 0 Å². The van der Waals surface area contributed by atoms with Gasteiger partial charge in [0.1, 0.15) is 0 Å². The van der Waals surface area contributed by atoms with Gasteiger partial charge in [-0.25, -0.2) is 4.98 Å². The average molecular weight is 255 g/mol. The van der Waals surface area contributed by atoms with Crippen LogP contribution in [0, 0.1) is 0 Å². The first-order valence-electron chi connectivity index (χ1n) is 5.85. The van der Waals surface area contributed by atoms with Crippen molar-refractivity contribution in [3.05, 3.63) is 48.3 Å². The number of nitrogens with two attached hydrogens (primary N) is 1. The van der Waals surface area contributed by atoms with Gasteiger partial charge in [-0.1, -0.05) is 6.07 Å². The lowest BCUT2D eigenvalue weighted by atomic mass is 10.2. The van der Waals surface area contributed by atoms with E-state index in [4.69, 9.17) is 5.73 Å². The first-order chi connectivity index (χ1) is 9.13. The molecule has 0 fully saturated rings. The number of aromatic nitrogens is 2. The highest BCUT2D eigenvalue weighted by atomic mass is 16.3. The quantitative estimate of drug-likeness (QED) is 0.483. The maximum Gasteiger partial charge on any atom is 0.157 e. The maximum atomic E-state index is 9.49. The Morgan fingerprint density at radius 3 is 2.68 bits per heavy atom. The fraction of sp³-hybridized carbons (Fsp3) is 0.0714. The summed E-state index contributed by atoms with van der Waals surface area (Å²) in [7, 11) is 0. The van der Waals surface area contributed by atoms with Gasteiger partial charge in [-0.05, 0) is 35.9 Å². The molecule has 0 bridgehead atoms. The Labute approximate surface area is 109 Å². The number of hydrogen-bond donors (Lipinski definition) is 3. The van der Waals surface area contributed by atoms with Gasteiger partial charge in [0.25, 0.3) is 0 Å². The second-order valence-electron chi connectivity index (χ2n) is 4.44. The van der Waals surface area contributed by atoms with E-state index >= 15 is 0 Å². The fourth-order valence-electron chi connectivity index (χ4n) is 2.07. The molecule has 96 valence electrons. The fourth-order valence-corrected chi connectivity index (χ4v) is 2.07. The number of phenolic OH excluding ortho intramolecular Hbond substituents is 2. The number of nitrogen functional groups attached to an aromatic ring is 1. The van der Waals surface area contributed by atoms with Crippen molar-refractivity contribution in [1.29, 1.82) is 0 Å². The van der Waals surface area contributed by atoms with Crippen LogP contribution >= 0.6 is 0 Å². The number of rotatable bonds is 2. The number of nitrogens with zero attached hydrogens (tertiary/aromatic N) is 2. The van der Waals surface area contributed by atoms with Crippen LogP contribution in [-0.4, -0.2) is 19.8 Å². The van der Waals surface area contributed by atoms with Crippen LogP contribution in [0.4, 0.5) is 5.69 Å². The minimum absolute atomic E-state index is 0.119. The van der Waals surface area contributed by atoms with Crippen molar-refractivity contribution in [2.75, 3.05) is 5.73 Å². The summed E-state index contributed by atoms with van der Waals surface area (Å²) in [6, 6.07) is 10.3. The summed E-state index contributed by atoms with van der Waals surface area (Å²) >= 11 is 0. The lowest BCUT2D eigenvalue weighted by Crippen LogP contribution is -1.97. The van der Waals surface area contributed by atoms with Crippen LogP contribution in [0.15, 0.2) is 42.7 Å². The molecule has 3 rings (SSSR count). The van der Waals surface area contributed by atoms with Gasteiger partial charge in [-0.3, -0.25) is 0 Å². The zero-order chi connectivity index (χ0) is 13.4. The van der Waals surface area contributed by atoms with E-state index in [1.165, 1.54) is 6.07 Å². The largest absolute Gasteiger partial charge is 0.504 e. The summed E-state index contributed by atoms with van der Waals surface area (Å²) in [5.41, 5.74) is 9.08. The van der Waals surface area contributed by atoms with Crippen molar-refractivity contribution in [2.24, 2.45) is 0 Å². The molecule has 3 aromatic rings. The van der Waals surface area contributed by atoms with Crippen LogP contribution in [0.1, 0.15) is 5.56 Å². The summed E-state index contributed by atoms with van der Waals surface area (Å²) in [6.07, 6.45) is 1.73. The van der Waals surface area contributed by atoms with E-state index in [-0.39, 0.29) is 11.5 Å². The average Bonchev–Trinajstić information content (AvgIpc) is 2.76. The number of phenols is 2. The maximum absolute atomic E-state index is 9.49. The molecule has 1 heterocycles. The monoisotopic (exact) mass is 255 g/mol. The van der Waals surface area contributed by atoms with E-state index in [1.807, 2.05) is 22.8 Å². The molecular formula is C14H13N3O2. The topological polar surface area (TPSA) is 84.3 Å². The second kappa shape index (κ2) is 4.20. The first-order valence-corrected chi connectivity index (χ1v) is 5.85. The molecule has 1 aromatic heterocycles. The minimum Gasteiger partial charge on any atom is -0.504 e. The van der Waals surface area contributed by atoms with Crippen LogP contribution < -0.4 is 5.73 Å². The lowest BCUT2D eigenvalue weighted by molar-refractivity contribution is 0.403. The van der Waals surface area contributed by atoms with Crippen molar-refractivity contribution in [2.45, 2.75) is 6.54 Å². The SMILES string of the molecule is Nc1ccc2c(c1)ncn2Cc1ccc(O)c(O)c1. The van der Waals surface area contributed by atoms with Gasteiger partial charge >= 0.3 is 0 Å². The first kappa shape index (κ1) is 11.4. The Kier molecular flexibility index (Phi) is 2.52. The van der Waals surface area contributed by atoms with E-state index in [1.54, 1.807) is 18.5 Å². The Morgan fingerprint density at radius 1 is 1.05 bits per heavy atom. The van der Waals surface area contributed by atoms with E-state index < -0.39 is 0 Å². The van der Waals surface area contributed by atoms with Crippen LogP contribution in [0.25, 0.3) is 11.0 Å². The summed E-state index contributed by atoms with van der Waals surface area (Å²) in [5, 5.41) is 18.8. The normalized spacial score (nSPS) is 10.9. The Balaban J connectivity index is 1.98. The van der Waals surface area contributed by atoms with Gasteiger partial charge in [-0.2, -0.15) is 0 Å². The number of hydrogen-bond acceptors (Lipinski definition) is 4. The van der Waals surface area contributed by atoms with Gasteiger partial charge in [-0.15, -0.1) is 0 Å². The summed E-state index contributed by atoms with van der Waals surface area (Å²) in [6.45, 7) is 0.564. The zero-order valence-corrected chi connectivity index (χ0v) is 10.1. The smallest absolute Gasteiger partial charge is 0.157 e. The highest BCUT2D eigenvalue weighted by Crippen LogP contribution is 2.26. The molecule has 0 spiro atoms. The Hall–Kier alpha value is -2.69. The van der Waals surface area contributed by atoms with Gasteiger partial charge < -0.3 is 20.5 Å². The summed E-state index contributed by atoms with van der Waals surface area (Å²) < 4.78 is 1.96. The molecule has 5 nitrogen and oxygen atoms in total. The van der Waals surface area contributed by atoms with Gasteiger partial charge in [0.05, 0.1) is 17.4 Å². The number of benzene rings is 2. The molecule has 0 amide bonds. The molecule has 0 aliphatic rings. The predicted molar refractivity (Wildman–Crippen MR) is 73.0 cm³/mol. The molecular weight excluding hydrogens is 242 g/mol. The van der Waals surface area contributed by atoms with Gasteiger partial charge in [0.15, 0.2) is 11.5 Å².